The zero-order chi connectivity index (χ0) is 21.1. The zero-order valence-electron chi connectivity index (χ0n) is 16.3. The molecule has 9 nitrogen and oxygen atoms in total. The van der Waals surface area contributed by atoms with Crippen LogP contribution in [-0.4, -0.2) is 37.1 Å². The highest BCUT2D eigenvalue weighted by Crippen LogP contribution is 2.11. The molecule has 3 amide bonds. The first kappa shape index (κ1) is 21.7. The fraction of sp³-hybridized carbons (Fsp3) is 0.300. The van der Waals surface area contributed by atoms with E-state index in [-0.39, 0.29) is 18.4 Å². The summed E-state index contributed by atoms with van der Waals surface area (Å²) in [6.07, 6.45) is 2.93. The summed E-state index contributed by atoms with van der Waals surface area (Å²) in [5, 5.41) is 8.92. The van der Waals surface area contributed by atoms with Crippen LogP contribution >= 0.6 is 0 Å². The first-order valence-electron chi connectivity index (χ1n) is 9.07. The van der Waals surface area contributed by atoms with Gasteiger partial charge in [-0.2, -0.15) is 5.10 Å². The number of hydrogen-bond acceptors (Lipinski definition) is 6. The molecule has 0 aliphatic carbocycles. The Morgan fingerprint density at radius 1 is 1.10 bits per heavy atom. The van der Waals surface area contributed by atoms with Crippen LogP contribution in [0.1, 0.15) is 25.2 Å². The van der Waals surface area contributed by atoms with Crippen molar-refractivity contribution in [1.29, 1.82) is 0 Å². The van der Waals surface area contributed by atoms with Crippen molar-refractivity contribution >= 4 is 23.9 Å². The summed E-state index contributed by atoms with van der Waals surface area (Å²) < 4.78 is 10.5. The lowest BCUT2D eigenvalue weighted by molar-refractivity contribution is -0.139. The lowest BCUT2D eigenvalue weighted by atomic mass is 10.2. The Hall–Kier alpha value is -3.62. The largest absolute Gasteiger partial charge is 0.484 e. The molecule has 29 heavy (non-hydrogen) atoms. The third-order valence-corrected chi connectivity index (χ3v) is 3.55. The number of carbonyl (C=O) groups is 3. The van der Waals surface area contributed by atoms with Gasteiger partial charge in [0.05, 0.1) is 19.0 Å². The summed E-state index contributed by atoms with van der Waals surface area (Å²) in [7, 11) is 0. The van der Waals surface area contributed by atoms with Crippen molar-refractivity contribution in [1.82, 2.24) is 16.1 Å². The number of ether oxygens (including phenoxy) is 1. The number of hydrazone groups is 1. The van der Waals surface area contributed by atoms with Crippen LogP contribution in [0, 0.1) is 5.92 Å². The van der Waals surface area contributed by atoms with Crippen LogP contribution in [-0.2, 0) is 20.9 Å². The third kappa shape index (κ3) is 8.29. The van der Waals surface area contributed by atoms with Crippen LogP contribution in [0.4, 0.5) is 0 Å². The third-order valence-electron chi connectivity index (χ3n) is 3.55. The van der Waals surface area contributed by atoms with Gasteiger partial charge in [-0.05, 0) is 47.9 Å². The molecule has 154 valence electrons. The highest BCUT2D eigenvalue weighted by atomic mass is 16.5. The van der Waals surface area contributed by atoms with Gasteiger partial charge in [0.25, 0.3) is 5.91 Å². The van der Waals surface area contributed by atoms with E-state index in [1.54, 1.807) is 36.4 Å². The maximum atomic E-state index is 11.8. The second-order valence-corrected chi connectivity index (χ2v) is 6.52. The molecule has 0 bridgehead atoms. The molecule has 0 unspecified atom stereocenters. The van der Waals surface area contributed by atoms with E-state index in [0.29, 0.717) is 30.2 Å². The predicted molar refractivity (Wildman–Crippen MR) is 106 cm³/mol. The Kier molecular flexibility index (Phi) is 8.43. The van der Waals surface area contributed by atoms with E-state index in [1.807, 2.05) is 13.8 Å². The fourth-order valence-corrected chi connectivity index (χ4v) is 2.04. The summed E-state index contributed by atoms with van der Waals surface area (Å²) in [4.78, 5) is 34.9. The van der Waals surface area contributed by atoms with Crippen LogP contribution in [0.2, 0.25) is 0 Å². The van der Waals surface area contributed by atoms with Crippen LogP contribution < -0.4 is 20.8 Å². The van der Waals surface area contributed by atoms with Gasteiger partial charge in [0, 0.05) is 6.54 Å². The Morgan fingerprint density at radius 2 is 1.86 bits per heavy atom. The van der Waals surface area contributed by atoms with Crippen molar-refractivity contribution in [3.05, 3.63) is 54.0 Å². The summed E-state index contributed by atoms with van der Waals surface area (Å²) >= 11 is 0. The molecular weight excluding hydrogens is 376 g/mol. The molecule has 0 aliphatic rings. The van der Waals surface area contributed by atoms with Gasteiger partial charge in [0.2, 0.25) is 0 Å². The average molecular weight is 400 g/mol. The number of furan rings is 1. The standard InChI is InChI=1S/C20H24N4O5/c1-14(2)10-22-19(26)20(27)24-23-11-15-5-7-16(8-6-15)29-13-18(25)21-12-17-4-3-9-28-17/h3-9,11,14H,10,12-13H2,1-2H3,(H,21,25)(H,22,26)(H,24,27)/b23-11-. The summed E-state index contributed by atoms with van der Waals surface area (Å²) in [6.45, 7) is 4.44. The van der Waals surface area contributed by atoms with Gasteiger partial charge in [-0.15, -0.1) is 0 Å². The van der Waals surface area contributed by atoms with Crippen LogP contribution in [0.15, 0.2) is 52.2 Å². The van der Waals surface area contributed by atoms with Gasteiger partial charge in [0.1, 0.15) is 11.5 Å². The van der Waals surface area contributed by atoms with Crippen molar-refractivity contribution in [2.24, 2.45) is 11.0 Å². The first-order valence-corrected chi connectivity index (χ1v) is 9.07. The lowest BCUT2D eigenvalue weighted by Crippen LogP contribution is -2.39. The molecule has 2 rings (SSSR count). The van der Waals surface area contributed by atoms with Gasteiger partial charge >= 0.3 is 11.8 Å². The molecular formula is C20H24N4O5. The summed E-state index contributed by atoms with van der Waals surface area (Å²) in [5.41, 5.74) is 2.84. The second kappa shape index (κ2) is 11.3. The van der Waals surface area contributed by atoms with E-state index in [0.717, 1.165) is 0 Å². The highest BCUT2D eigenvalue weighted by molar-refractivity contribution is 6.35. The number of rotatable bonds is 9. The quantitative estimate of drug-likeness (QED) is 0.332. The topological polar surface area (TPSA) is 122 Å². The van der Waals surface area contributed by atoms with E-state index in [4.69, 9.17) is 9.15 Å². The fourth-order valence-electron chi connectivity index (χ4n) is 2.04. The van der Waals surface area contributed by atoms with Gasteiger partial charge in [-0.3, -0.25) is 14.4 Å². The normalized spacial score (nSPS) is 10.7. The molecule has 0 radical (unpaired) electrons. The Morgan fingerprint density at radius 3 is 2.52 bits per heavy atom. The van der Waals surface area contributed by atoms with E-state index in [9.17, 15) is 14.4 Å². The monoisotopic (exact) mass is 400 g/mol. The van der Waals surface area contributed by atoms with E-state index >= 15 is 0 Å². The molecule has 2 aromatic rings. The molecule has 1 heterocycles. The Bertz CT molecular complexity index is 829. The number of hydrogen-bond donors (Lipinski definition) is 3. The van der Waals surface area contributed by atoms with Crippen molar-refractivity contribution in [2.75, 3.05) is 13.2 Å². The second-order valence-electron chi connectivity index (χ2n) is 6.52. The Labute approximate surface area is 168 Å². The van der Waals surface area contributed by atoms with Crippen molar-refractivity contribution in [3.8, 4) is 5.75 Å². The van der Waals surface area contributed by atoms with Crippen molar-refractivity contribution < 1.29 is 23.5 Å². The molecule has 1 aromatic heterocycles. The number of nitrogens with zero attached hydrogens (tertiary/aromatic N) is 1. The molecule has 0 aliphatic heterocycles. The van der Waals surface area contributed by atoms with E-state index in [1.165, 1.54) is 12.5 Å². The summed E-state index contributed by atoms with van der Waals surface area (Å²) in [5.74, 6) is -0.422. The SMILES string of the molecule is CC(C)CNC(=O)C(=O)N/N=C\c1ccc(OCC(=O)NCc2ccco2)cc1. The first-order chi connectivity index (χ1) is 13.9. The lowest BCUT2D eigenvalue weighted by Gasteiger charge is -2.07. The molecule has 3 N–H and O–H groups in total. The summed E-state index contributed by atoms with van der Waals surface area (Å²) in [6, 6.07) is 10.2. The van der Waals surface area contributed by atoms with E-state index < -0.39 is 11.8 Å². The van der Waals surface area contributed by atoms with Crippen molar-refractivity contribution in [2.45, 2.75) is 20.4 Å². The van der Waals surface area contributed by atoms with Crippen LogP contribution in [0.5, 0.6) is 5.75 Å². The minimum Gasteiger partial charge on any atom is -0.484 e. The Balaban J connectivity index is 1.70. The smallest absolute Gasteiger partial charge is 0.329 e. The average Bonchev–Trinajstić information content (AvgIpc) is 3.23. The minimum absolute atomic E-state index is 0.129. The van der Waals surface area contributed by atoms with Crippen LogP contribution in [0.25, 0.3) is 0 Å². The molecule has 0 saturated heterocycles. The molecule has 0 spiro atoms. The van der Waals surface area contributed by atoms with Crippen LogP contribution in [0.3, 0.4) is 0 Å². The molecule has 9 heteroatoms. The van der Waals surface area contributed by atoms with Gasteiger partial charge in [0.15, 0.2) is 6.61 Å². The number of amides is 3. The molecule has 1 aromatic carbocycles. The van der Waals surface area contributed by atoms with Gasteiger partial charge in [-0.25, -0.2) is 5.43 Å². The van der Waals surface area contributed by atoms with Crippen molar-refractivity contribution in [3.63, 3.8) is 0 Å². The van der Waals surface area contributed by atoms with Gasteiger partial charge in [-0.1, -0.05) is 13.8 Å². The number of benzene rings is 1. The number of carbonyl (C=O) groups excluding carboxylic acids is 3. The zero-order valence-corrected chi connectivity index (χ0v) is 16.3. The highest BCUT2D eigenvalue weighted by Gasteiger charge is 2.12. The molecule has 0 atom stereocenters. The van der Waals surface area contributed by atoms with E-state index in [2.05, 4.69) is 21.2 Å². The molecule has 0 saturated carbocycles. The predicted octanol–water partition coefficient (Wildman–Crippen LogP) is 1.20. The maximum absolute atomic E-state index is 11.8. The molecule has 0 fully saturated rings. The maximum Gasteiger partial charge on any atom is 0.329 e. The number of nitrogens with one attached hydrogen (secondary N) is 3. The van der Waals surface area contributed by atoms with Gasteiger partial charge < -0.3 is 19.8 Å². The minimum atomic E-state index is -0.831.